The van der Waals surface area contributed by atoms with E-state index in [0.717, 1.165) is 30.5 Å². The van der Waals surface area contributed by atoms with Crippen LogP contribution in [0.2, 0.25) is 0 Å². The topological polar surface area (TPSA) is 41.1 Å². The van der Waals surface area contributed by atoms with Crippen LogP contribution in [0.25, 0.3) is 0 Å². The van der Waals surface area contributed by atoms with Gasteiger partial charge in [-0.25, -0.2) is 4.98 Å². The van der Waals surface area contributed by atoms with Crippen molar-refractivity contribution in [1.29, 1.82) is 0 Å². The molecule has 4 heteroatoms. The molecule has 1 N–H and O–H groups in total. The molecule has 0 aromatic carbocycles. The van der Waals surface area contributed by atoms with Crippen LogP contribution in [0, 0.1) is 5.92 Å². The van der Waals surface area contributed by atoms with Crippen molar-refractivity contribution in [2.75, 3.05) is 25.5 Å². The van der Waals surface area contributed by atoms with E-state index < -0.39 is 0 Å². The molecule has 0 amide bonds. The summed E-state index contributed by atoms with van der Waals surface area (Å²) in [6, 6.07) is 0. The molecule has 1 aromatic heterocycles. The van der Waals surface area contributed by atoms with Crippen molar-refractivity contribution in [3.63, 3.8) is 0 Å². The summed E-state index contributed by atoms with van der Waals surface area (Å²) in [4.78, 5) is 10.9. The standard InChI is InChI=1S/C12H22N4/c1-10(2)5-6-16(4)12-9-14-8-11(15-12)7-13-3/h8-10,13H,5-7H2,1-4H3. The second-order valence-electron chi connectivity index (χ2n) is 4.50. The maximum Gasteiger partial charge on any atom is 0.147 e. The van der Waals surface area contributed by atoms with Crippen molar-refractivity contribution in [3.05, 3.63) is 18.1 Å². The molecule has 0 spiro atoms. The number of hydrogen-bond acceptors (Lipinski definition) is 4. The first-order valence-electron chi connectivity index (χ1n) is 5.80. The van der Waals surface area contributed by atoms with Crippen LogP contribution in [0.1, 0.15) is 26.0 Å². The minimum atomic E-state index is 0.718. The highest BCUT2D eigenvalue weighted by Crippen LogP contribution is 2.10. The number of aromatic nitrogens is 2. The number of nitrogens with one attached hydrogen (secondary N) is 1. The van der Waals surface area contributed by atoms with E-state index in [1.54, 1.807) is 6.20 Å². The first-order chi connectivity index (χ1) is 7.63. The van der Waals surface area contributed by atoms with Gasteiger partial charge in [0.2, 0.25) is 0 Å². The fourth-order valence-corrected chi connectivity index (χ4v) is 1.41. The third-order valence-electron chi connectivity index (χ3n) is 2.46. The minimum Gasteiger partial charge on any atom is -0.358 e. The van der Waals surface area contributed by atoms with Gasteiger partial charge in [-0.2, -0.15) is 0 Å². The van der Waals surface area contributed by atoms with Crippen LogP contribution in [0.5, 0.6) is 0 Å². The molecule has 90 valence electrons. The van der Waals surface area contributed by atoms with Crippen molar-refractivity contribution >= 4 is 5.82 Å². The molecule has 16 heavy (non-hydrogen) atoms. The second kappa shape index (κ2) is 6.43. The zero-order chi connectivity index (χ0) is 12.0. The minimum absolute atomic E-state index is 0.718. The Bertz CT molecular complexity index is 312. The molecule has 1 rings (SSSR count). The van der Waals surface area contributed by atoms with Crippen LogP contribution >= 0.6 is 0 Å². The maximum atomic E-state index is 4.54. The molecule has 0 bridgehead atoms. The van der Waals surface area contributed by atoms with Crippen LogP contribution < -0.4 is 10.2 Å². The highest BCUT2D eigenvalue weighted by atomic mass is 15.2. The van der Waals surface area contributed by atoms with Gasteiger partial charge in [0.25, 0.3) is 0 Å². The first-order valence-corrected chi connectivity index (χ1v) is 5.80. The summed E-state index contributed by atoms with van der Waals surface area (Å²) in [6.07, 6.45) is 4.80. The van der Waals surface area contributed by atoms with Crippen molar-refractivity contribution in [3.8, 4) is 0 Å². The van der Waals surface area contributed by atoms with E-state index in [1.165, 1.54) is 6.42 Å². The Hall–Kier alpha value is -1.16. The number of rotatable bonds is 6. The summed E-state index contributed by atoms with van der Waals surface area (Å²) in [5.74, 6) is 1.67. The van der Waals surface area contributed by atoms with Crippen LogP contribution in [-0.4, -0.2) is 30.6 Å². The smallest absolute Gasteiger partial charge is 0.147 e. The zero-order valence-electron chi connectivity index (χ0n) is 10.7. The van der Waals surface area contributed by atoms with Gasteiger partial charge in [-0.1, -0.05) is 13.8 Å². The highest BCUT2D eigenvalue weighted by Gasteiger charge is 2.05. The Balaban J connectivity index is 2.60. The van der Waals surface area contributed by atoms with Crippen molar-refractivity contribution in [1.82, 2.24) is 15.3 Å². The van der Waals surface area contributed by atoms with Gasteiger partial charge in [-0.3, -0.25) is 4.98 Å². The summed E-state index contributed by atoms with van der Waals surface area (Å²) in [6.45, 7) is 6.25. The van der Waals surface area contributed by atoms with E-state index in [1.807, 2.05) is 13.2 Å². The van der Waals surface area contributed by atoms with Gasteiger partial charge in [0.05, 0.1) is 11.9 Å². The highest BCUT2D eigenvalue weighted by molar-refractivity contribution is 5.34. The summed E-state index contributed by atoms with van der Waals surface area (Å²) >= 11 is 0. The van der Waals surface area contributed by atoms with Gasteiger partial charge in [0.1, 0.15) is 5.82 Å². The van der Waals surface area contributed by atoms with Crippen molar-refractivity contribution < 1.29 is 0 Å². The van der Waals surface area contributed by atoms with Gasteiger partial charge < -0.3 is 10.2 Å². The SMILES string of the molecule is CNCc1cncc(N(C)CCC(C)C)n1. The number of nitrogens with zero attached hydrogens (tertiary/aromatic N) is 3. The molecule has 0 aliphatic heterocycles. The van der Waals surface area contributed by atoms with Crippen molar-refractivity contribution in [2.24, 2.45) is 5.92 Å². The summed E-state index contributed by atoms with van der Waals surface area (Å²) in [5.41, 5.74) is 0.983. The van der Waals surface area contributed by atoms with Crippen molar-refractivity contribution in [2.45, 2.75) is 26.8 Å². The van der Waals surface area contributed by atoms with Gasteiger partial charge in [-0.15, -0.1) is 0 Å². The lowest BCUT2D eigenvalue weighted by atomic mass is 10.1. The first kappa shape index (κ1) is 12.9. The predicted molar refractivity (Wildman–Crippen MR) is 67.5 cm³/mol. The molecule has 1 heterocycles. The molecule has 0 atom stereocenters. The number of hydrogen-bond donors (Lipinski definition) is 1. The molecule has 0 saturated heterocycles. The monoisotopic (exact) mass is 222 g/mol. The Kier molecular flexibility index (Phi) is 5.19. The number of anilines is 1. The van der Waals surface area contributed by atoms with Gasteiger partial charge in [-0.05, 0) is 19.4 Å². The van der Waals surface area contributed by atoms with Gasteiger partial charge in [0, 0.05) is 26.3 Å². The Morgan fingerprint density at radius 1 is 1.38 bits per heavy atom. The summed E-state index contributed by atoms with van der Waals surface area (Å²) in [7, 11) is 3.98. The molecule has 1 aromatic rings. The lowest BCUT2D eigenvalue weighted by Crippen LogP contribution is -2.22. The van der Waals surface area contributed by atoms with Gasteiger partial charge in [0.15, 0.2) is 0 Å². The fourth-order valence-electron chi connectivity index (χ4n) is 1.41. The molecule has 0 aliphatic carbocycles. The molecule has 0 aliphatic rings. The molecule has 4 nitrogen and oxygen atoms in total. The third kappa shape index (κ3) is 4.14. The van der Waals surface area contributed by atoms with E-state index >= 15 is 0 Å². The zero-order valence-corrected chi connectivity index (χ0v) is 10.7. The summed E-state index contributed by atoms with van der Waals surface area (Å²) in [5, 5.41) is 3.08. The van der Waals surface area contributed by atoms with E-state index in [2.05, 4.69) is 41.1 Å². The lowest BCUT2D eigenvalue weighted by Gasteiger charge is -2.19. The second-order valence-corrected chi connectivity index (χ2v) is 4.50. The molecular formula is C12H22N4. The van der Waals surface area contributed by atoms with Gasteiger partial charge >= 0.3 is 0 Å². The quantitative estimate of drug-likeness (QED) is 0.795. The molecule has 0 saturated carbocycles. The molecule has 0 fully saturated rings. The van der Waals surface area contributed by atoms with Crippen LogP contribution in [0.4, 0.5) is 5.82 Å². The van der Waals surface area contributed by atoms with E-state index in [-0.39, 0.29) is 0 Å². The molecular weight excluding hydrogens is 200 g/mol. The molecule has 0 radical (unpaired) electrons. The average Bonchev–Trinajstić information content (AvgIpc) is 2.26. The van der Waals surface area contributed by atoms with E-state index in [9.17, 15) is 0 Å². The Morgan fingerprint density at radius 2 is 2.12 bits per heavy atom. The summed E-state index contributed by atoms with van der Waals surface area (Å²) < 4.78 is 0. The Morgan fingerprint density at radius 3 is 2.75 bits per heavy atom. The van der Waals surface area contributed by atoms with E-state index in [4.69, 9.17) is 0 Å². The normalized spacial score (nSPS) is 10.8. The van der Waals surface area contributed by atoms with Crippen LogP contribution in [-0.2, 0) is 6.54 Å². The lowest BCUT2D eigenvalue weighted by molar-refractivity contribution is 0.583. The molecule has 0 unspecified atom stereocenters. The Labute approximate surface area is 98.1 Å². The average molecular weight is 222 g/mol. The maximum absolute atomic E-state index is 4.54. The van der Waals surface area contributed by atoms with Crippen LogP contribution in [0.15, 0.2) is 12.4 Å². The third-order valence-corrected chi connectivity index (χ3v) is 2.46. The largest absolute Gasteiger partial charge is 0.358 e. The fraction of sp³-hybridized carbons (Fsp3) is 0.667. The van der Waals surface area contributed by atoms with E-state index in [0.29, 0.717) is 0 Å². The van der Waals surface area contributed by atoms with Crippen LogP contribution in [0.3, 0.4) is 0 Å². The predicted octanol–water partition coefficient (Wildman–Crippen LogP) is 1.68.